The van der Waals surface area contributed by atoms with Crippen LogP contribution in [0.25, 0.3) is 0 Å². The number of hydrogen-bond acceptors (Lipinski definition) is 2. The Bertz CT molecular complexity index is 570. The van der Waals surface area contributed by atoms with Crippen molar-refractivity contribution in [3.8, 4) is 0 Å². The number of hydrogen-bond donors (Lipinski definition) is 1. The minimum absolute atomic E-state index is 0.174. The van der Waals surface area contributed by atoms with Gasteiger partial charge in [-0.05, 0) is 19.1 Å². The Balaban J connectivity index is 2.34. The fourth-order valence-corrected chi connectivity index (χ4v) is 1.80. The Kier molecular flexibility index (Phi) is 3.28. The van der Waals surface area contributed by atoms with Gasteiger partial charge in [-0.2, -0.15) is 5.10 Å². The Hall–Kier alpha value is -1.62. The zero-order valence-electron chi connectivity index (χ0n) is 9.20. The number of aryl methyl sites for hydroxylation is 1. The van der Waals surface area contributed by atoms with Crippen LogP contribution < -0.4 is 5.69 Å². The largest absolute Gasteiger partial charge is 0.343 e. The molecule has 17 heavy (non-hydrogen) atoms. The van der Waals surface area contributed by atoms with Gasteiger partial charge in [-0.1, -0.05) is 17.7 Å². The summed E-state index contributed by atoms with van der Waals surface area (Å²) in [5, 5.41) is 4.36. The molecular weight excluding hydrogens is 245 g/mol. The van der Waals surface area contributed by atoms with E-state index < -0.39 is 5.82 Å². The standard InChI is InChI=1S/C11H11ClFN3O/c1-2-16-11(17)14-10(15-16)6-7-8(12)4-3-5-9(7)13/h3-5H,2,6H2,1H3,(H,14,15,17). The number of rotatable bonds is 3. The van der Waals surface area contributed by atoms with Gasteiger partial charge < -0.3 is 0 Å². The van der Waals surface area contributed by atoms with Gasteiger partial charge in [0.1, 0.15) is 11.6 Å². The summed E-state index contributed by atoms with van der Waals surface area (Å²) in [6.45, 7) is 2.28. The fourth-order valence-electron chi connectivity index (χ4n) is 1.57. The molecule has 0 aliphatic carbocycles. The average molecular weight is 256 g/mol. The van der Waals surface area contributed by atoms with Gasteiger partial charge in [-0.15, -0.1) is 0 Å². The first-order valence-corrected chi connectivity index (χ1v) is 5.58. The molecular formula is C11H11ClFN3O. The lowest BCUT2D eigenvalue weighted by Gasteiger charge is -2.02. The highest BCUT2D eigenvalue weighted by molar-refractivity contribution is 6.31. The van der Waals surface area contributed by atoms with Crippen molar-refractivity contribution in [2.45, 2.75) is 19.9 Å². The zero-order chi connectivity index (χ0) is 12.4. The van der Waals surface area contributed by atoms with E-state index in [-0.39, 0.29) is 12.1 Å². The molecule has 0 bridgehead atoms. The molecule has 0 amide bonds. The molecule has 0 aliphatic heterocycles. The van der Waals surface area contributed by atoms with E-state index in [0.717, 1.165) is 0 Å². The van der Waals surface area contributed by atoms with Gasteiger partial charge in [0.05, 0.1) is 0 Å². The van der Waals surface area contributed by atoms with Crippen molar-refractivity contribution in [1.82, 2.24) is 14.8 Å². The third-order valence-electron chi connectivity index (χ3n) is 2.43. The maximum absolute atomic E-state index is 13.5. The number of aromatic nitrogens is 3. The molecule has 0 atom stereocenters. The van der Waals surface area contributed by atoms with Gasteiger partial charge in [-0.25, -0.2) is 13.9 Å². The van der Waals surface area contributed by atoms with Crippen molar-refractivity contribution in [2.24, 2.45) is 0 Å². The van der Waals surface area contributed by atoms with Gasteiger partial charge in [0.25, 0.3) is 0 Å². The molecule has 6 heteroatoms. The Morgan fingerprint density at radius 1 is 1.53 bits per heavy atom. The summed E-state index contributed by atoms with van der Waals surface area (Å²) in [7, 11) is 0. The number of benzene rings is 1. The lowest BCUT2D eigenvalue weighted by atomic mass is 10.1. The topological polar surface area (TPSA) is 50.7 Å². The molecule has 0 saturated heterocycles. The molecule has 0 unspecified atom stereocenters. The molecule has 2 aromatic rings. The third kappa shape index (κ3) is 2.39. The normalized spacial score (nSPS) is 10.8. The Morgan fingerprint density at radius 3 is 2.88 bits per heavy atom. The SMILES string of the molecule is CCn1nc(Cc2c(F)cccc2Cl)[nH]c1=O. The fraction of sp³-hybridized carbons (Fsp3) is 0.273. The van der Waals surface area contributed by atoms with Crippen molar-refractivity contribution < 1.29 is 4.39 Å². The van der Waals surface area contributed by atoms with Crippen LogP contribution in [0.3, 0.4) is 0 Å². The molecule has 1 aromatic heterocycles. The first-order chi connectivity index (χ1) is 8.11. The molecule has 0 spiro atoms. The number of H-pyrrole nitrogens is 1. The molecule has 0 saturated carbocycles. The summed E-state index contributed by atoms with van der Waals surface area (Å²) >= 11 is 5.89. The van der Waals surface area contributed by atoms with Crippen molar-refractivity contribution in [1.29, 1.82) is 0 Å². The second-order valence-electron chi connectivity index (χ2n) is 3.57. The summed E-state index contributed by atoms with van der Waals surface area (Å²) in [6, 6.07) is 4.47. The predicted molar refractivity (Wildman–Crippen MR) is 62.7 cm³/mol. The Labute approximate surface area is 102 Å². The van der Waals surface area contributed by atoms with E-state index in [1.807, 2.05) is 6.92 Å². The van der Waals surface area contributed by atoms with Crippen LogP contribution in [0.2, 0.25) is 5.02 Å². The molecule has 2 rings (SSSR count). The maximum atomic E-state index is 13.5. The van der Waals surface area contributed by atoms with Crippen molar-refractivity contribution >= 4 is 11.6 Å². The maximum Gasteiger partial charge on any atom is 0.343 e. The average Bonchev–Trinajstić information content (AvgIpc) is 2.64. The molecule has 1 N–H and O–H groups in total. The molecule has 0 radical (unpaired) electrons. The molecule has 90 valence electrons. The second-order valence-corrected chi connectivity index (χ2v) is 3.98. The van der Waals surface area contributed by atoms with E-state index in [1.54, 1.807) is 6.07 Å². The number of nitrogens with one attached hydrogen (secondary N) is 1. The summed E-state index contributed by atoms with van der Waals surface area (Å²) < 4.78 is 14.8. The van der Waals surface area contributed by atoms with Crippen LogP contribution in [0.1, 0.15) is 18.3 Å². The lowest BCUT2D eigenvalue weighted by molar-refractivity contribution is 0.607. The van der Waals surface area contributed by atoms with Crippen LogP contribution in [0.4, 0.5) is 4.39 Å². The minimum Gasteiger partial charge on any atom is -0.292 e. The molecule has 4 nitrogen and oxygen atoms in total. The van der Waals surface area contributed by atoms with Crippen LogP contribution in [-0.4, -0.2) is 14.8 Å². The van der Waals surface area contributed by atoms with Gasteiger partial charge in [-0.3, -0.25) is 4.98 Å². The monoisotopic (exact) mass is 255 g/mol. The third-order valence-corrected chi connectivity index (χ3v) is 2.79. The number of aromatic amines is 1. The van der Waals surface area contributed by atoms with Crippen LogP contribution >= 0.6 is 11.6 Å². The first kappa shape index (κ1) is 11.9. The minimum atomic E-state index is -0.399. The van der Waals surface area contributed by atoms with Crippen molar-refractivity contribution in [2.75, 3.05) is 0 Å². The van der Waals surface area contributed by atoms with E-state index in [2.05, 4.69) is 10.1 Å². The van der Waals surface area contributed by atoms with Crippen molar-refractivity contribution in [3.63, 3.8) is 0 Å². The van der Waals surface area contributed by atoms with Crippen molar-refractivity contribution in [3.05, 3.63) is 50.9 Å². The summed E-state index contributed by atoms with van der Waals surface area (Å²) in [5.74, 6) is 0.00764. The summed E-state index contributed by atoms with van der Waals surface area (Å²) in [4.78, 5) is 13.9. The van der Waals surface area contributed by atoms with Gasteiger partial charge in [0, 0.05) is 23.6 Å². The highest BCUT2D eigenvalue weighted by atomic mass is 35.5. The second kappa shape index (κ2) is 4.71. The van der Waals surface area contributed by atoms with Crippen LogP contribution in [-0.2, 0) is 13.0 Å². The lowest BCUT2D eigenvalue weighted by Crippen LogP contribution is -2.16. The molecule has 0 fully saturated rings. The summed E-state index contributed by atoms with van der Waals surface area (Å²) in [6.07, 6.45) is 0.174. The Morgan fingerprint density at radius 2 is 2.29 bits per heavy atom. The van der Waals surface area contributed by atoms with E-state index in [4.69, 9.17) is 11.6 Å². The molecule has 0 aliphatic rings. The highest BCUT2D eigenvalue weighted by Crippen LogP contribution is 2.20. The predicted octanol–water partition coefficient (Wildman–Crippen LogP) is 1.97. The van der Waals surface area contributed by atoms with Gasteiger partial charge >= 0.3 is 5.69 Å². The van der Waals surface area contributed by atoms with Crippen LogP contribution in [0.5, 0.6) is 0 Å². The molecule has 1 aromatic carbocycles. The van der Waals surface area contributed by atoms with Gasteiger partial charge in [0.15, 0.2) is 0 Å². The number of nitrogens with zero attached hydrogens (tertiary/aromatic N) is 2. The van der Waals surface area contributed by atoms with E-state index in [1.165, 1.54) is 16.8 Å². The van der Waals surface area contributed by atoms with E-state index in [0.29, 0.717) is 23.0 Å². The zero-order valence-corrected chi connectivity index (χ0v) is 9.96. The summed E-state index contributed by atoms with van der Waals surface area (Å²) in [5.41, 5.74) is 0.0427. The van der Waals surface area contributed by atoms with E-state index in [9.17, 15) is 9.18 Å². The van der Waals surface area contributed by atoms with Crippen LogP contribution in [0.15, 0.2) is 23.0 Å². The first-order valence-electron chi connectivity index (χ1n) is 5.20. The van der Waals surface area contributed by atoms with Crippen LogP contribution in [0, 0.1) is 5.82 Å². The quantitative estimate of drug-likeness (QED) is 0.912. The molecule has 1 heterocycles. The smallest absolute Gasteiger partial charge is 0.292 e. The number of halogens is 2. The van der Waals surface area contributed by atoms with E-state index >= 15 is 0 Å². The van der Waals surface area contributed by atoms with Gasteiger partial charge in [0.2, 0.25) is 0 Å². The highest BCUT2D eigenvalue weighted by Gasteiger charge is 2.11.